The minimum Gasteiger partial charge on any atom is -0.374 e. The lowest BCUT2D eigenvalue weighted by atomic mass is 10.0. The highest BCUT2D eigenvalue weighted by Gasteiger charge is 2.16. The molecule has 0 aliphatic carbocycles. The minimum atomic E-state index is -0.482. The topological polar surface area (TPSA) is 64.3 Å². The van der Waals surface area contributed by atoms with E-state index in [1.165, 1.54) is 0 Å². The lowest BCUT2D eigenvalue weighted by Gasteiger charge is -2.15. The monoisotopic (exact) mass is 300 g/mol. The summed E-state index contributed by atoms with van der Waals surface area (Å²) in [5.74, 6) is -0.0279. The van der Waals surface area contributed by atoms with Crippen molar-refractivity contribution in [3.05, 3.63) is 29.8 Å². The van der Waals surface area contributed by atoms with Gasteiger partial charge in [-0.25, -0.2) is 0 Å². The fourth-order valence-electron chi connectivity index (χ4n) is 1.48. The number of nitrogens with two attached hydrogens (primary N) is 1. The van der Waals surface area contributed by atoms with E-state index < -0.39 is 6.04 Å². The molecular formula is C15H25ClN2O2. The Kier molecular flexibility index (Phi) is 8.46. The smallest absolute Gasteiger partial charge is 0.241 e. The number of rotatable bonds is 6. The number of amides is 1. The van der Waals surface area contributed by atoms with Crippen molar-refractivity contribution >= 4 is 24.0 Å². The van der Waals surface area contributed by atoms with Crippen molar-refractivity contribution in [1.29, 1.82) is 0 Å². The molecule has 1 atom stereocenters. The zero-order chi connectivity index (χ0) is 14.4. The van der Waals surface area contributed by atoms with Crippen molar-refractivity contribution in [2.24, 2.45) is 11.7 Å². The lowest BCUT2D eigenvalue weighted by molar-refractivity contribution is -0.118. The van der Waals surface area contributed by atoms with E-state index in [2.05, 4.69) is 5.32 Å². The molecule has 1 aromatic rings. The van der Waals surface area contributed by atoms with Crippen molar-refractivity contribution in [3.8, 4) is 0 Å². The van der Waals surface area contributed by atoms with Crippen molar-refractivity contribution in [2.75, 3.05) is 5.32 Å². The molecule has 20 heavy (non-hydrogen) atoms. The molecule has 5 heteroatoms. The van der Waals surface area contributed by atoms with Gasteiger partial charge in [-0.3, -0.25) is 4.79 Å². The molecule has 0 heterocycles. The molecule has 1 rings (SSSR count). The first-order chi connectivity index (χ1) is 8.90. The molecule has 114 valence electrons. The molecule has 0 saturated carbocycles. The summed E-state index contributed by atoms with van der Waals surface area (Å²) in [6, 6.07) is 7.13. The fraction of sp³-hybridized carbons (Fsp3) is 0.533. The predicted octanol–water partition coefficient (Wildman–Crippen LogP) is 2.96. The largest absolute Gasteiger partial charge is 0.374 e. The van der Waals surface area contributed by atoms with Crippen LogP contribution in [-0.2, 0) is 16.1 Å². The summed E-state index contributed by atoms with van der Waals surface area (Å²) in [4.78, 5) is 11.8. The Morgan fingerprint density at radius 2 is 1.75 bits per heavy atom. The highest BCUT2D eigenvalue weighted by atomic mass is 35.5. The first-order valence-corrected chi connectivity index (χ1v) is 6.67. The van der Waals surface area contributed by atoms with Gasteiger partial charge in [-0.15, -0.1) is 12.4 Å². The SMILES string of the molecule is CC(C)OCc1ccc(NC(=O)[C@@H](N)C(C)C)cc1.Cl. The number of carbonyl (C=O) groups is 1. The van der Waals surface area contributed by atoms with Crippen LogP contribution in [-0.4, -0.2) is 18.1 Å². The van der Waals surface area contributed by atoms with Crippen molar-refractivity contribution < 1.29 is 9.53 Å². The summed E-state index contributed by atoms with van der Waals surface area (Å²) in [6.07, 6.45) is 0.211. The Hall–Kier alpha value is -1.10. The minimum absolute atomic E-state index is 0. The number of ether oxygens (including phenoxy) is 1. The molecule has 0 spiro atoms. The molecule has 0 saturated heterocycles. The maximum atomic E-state index is 11.8. The van der Waals surface area contributed by atoms with Gasteiger partial charge in [0.1, 0.15) is 0 Å². The normalized spacial score (nSPS) is 12.2. The van der Waals surface area contributed by atoms with Gasteiger partial charge < -0.3 is 15.8 Å². The molecule has 0 aliphatic heterocycles. The first kappa shape index (κ1) is 18.9. The van der Waals surface area contributed by atoms with Crippen LogP contribution in [0, 0.1) is 5.92 Å². The van der Waals surface area contributed by atoms with Crippen LogP contribution in [0.2, 0.25) is 0 Å². The summed E-state index contributed by atoms with van der Waals surface area (Å²) in [5.41, 5.74) is 7.63. The Labute approximate surface area is 127 Å². The standard InChI is InChI=1S/C15H24N2O2.ClH/c1-10(2)14(16)15(18)17-13-7-5-12(6-8-13)9-19-11(3)4;/h5-8,10-11,14H,9,16H2,1-4H3,(H,17,18);1H/t14-;/m0./s1. The highest BCUT2D eigenvalue weighted by molar-refractivity contribution is 5.94. The summed E-state index contributed by atoms with van der Waals surface area (Å²) in [7, 11) is 0. The van der Waals surface area contributed by atoms with Gasteiger partial charge >= 0.3 is 0 Å². The number of carbonyl (C=O) groups excluding carboxylic acids is 1. The number of hydrogen-bond donors (Lipinski definition) is 2. The third-order valence-electron chi connectivity index (χ3n) is 2.83. The van der Waals surface area contributed by atoms with E-state index in [0.717, 1.165) is 11.3 Å². The maximum absolute atomic E-state index is 11.8. The molecule has 3 N–H and O–H groups in total. The molecule has 0 fully saturated rings. The molecule has 0 radical (unpaired) electrons. The van der Waals surface area contributed by atoms with Crippen LogP contribution in [0.25, 0.3) is 0 Å². The number of benzene rings is 1. The van der Waals surface area contributed by atoms with Crippen LogP contribution in [0.1, 0.15) is 33.3 Å². The number of halogens is 1. The quantitative estimate of drug-likeness (QED) is 0.849. The number of nitrogens with one attached hydrogen (secondary N) is 1. The van der Waals surface area contributed by atoms with Crippen LogP contribution in [0.3, 0.4) is 0 Å². The van der Waals surface area contributed by atoms with Gasteiger partial charge in [0, 0.05) is 5.69 Å². The summed E-state index contributed by atoms with van der Waals surface area (Å²) in [5, 5.41) is 2.81. The van der Waals surface area contributed by atoms with E-state index in [0.29, 0.717) is 6.61 Å². The van der Waals surface area contributed by atoms with Crippen LogP contribution in [0.15, 0.2) is 24.3 Å². The molecule has 0 unspecified atom stereocenters. The third-order valence-corrected chi connectivity index (χ3v) is 2.83. The predicted molar refractivity (Wildman–Crippen MR) is 85.1 cm³/mol. The zero-order valence-electron chi connectivity index (χ0n) is 12.6. The molecule has 0 bridgehead atoms. The third kappa shape index (κ3) is 6.37. The van der Waals surface area contributed by atoms with Gasteiger partial charge in [-0.2, -0.15) is 0 Å². The van der Waals surface area contributed by atoms with Crippen LogP contribution >= 0.6 is 12.4 Å². The summed E-state index contributed by atoms with van der Waals surface area (Å²) < 4.78 is 5.51. The van der Waals surface area contributed by atoms with Gasteiger partial charge in [-0.1, -0.05) is 26.0 Å². The van der Waals surface area contributed by atoms with E-state index in [1.807, 2.05) is 52.0 Å². The van der Waals surface area contributed by atoms with Gasteiger partial charge in [0.25, 0.3) is 0 Å². The number of hydrogen-bond acceptors (Lipinski definition) is 3. The number of anilines is 1. The average Bonchev–Trinajstić information content (AvgIpc) is 2.36. The van der Waals surface area contributed by atoms with E-state index >= 15 is 0 Å². The highest BCUT2D eigenvalue weighted by Crippen LogP contribution is 2.12. The Bertz CT molecular complexity index is 405. The van der Waals surface area contributed by atoms with Gasteiger partial charge in [0.15, 0.2) is 0 Å². The van der Waals surface area contributed by atoms with Gasteiger partial charge in [0.2, 0.25) is 5.91 Å². The van der Waals surface area contributed by atoms with Crippen molar-refractivity contribution in [3.63, 3.8) is 0 Å². The van der Waals surface area contributed by atoms with Gasteiger partial charge in [0.05, 0.1) is 18.8 Å². The average molecular weight is 301 g/mol. The maximum Gasteiger partial charge on any atom is 0.241 e. The van der Waals surface area contributed by atoms with Crippen molar-refractivity contribution in [2.45, 2.75) is 46.4 Å². The second-order valence-corrected chi connectivity index (χ2v) is 5.32. The first-order valence-electron chi connectivity index (χ1n) is 6.67. The van der Waals surface area contributed by atoms with Gasteiger partial charge in [-0.05, 0) is 37.5 Å². The fourth-order valence-corrected chi connectivity index (χ4v) is 1.48. The molecule has 0 aliphatic rings. The molecular weight excluding hydrogens is 276 g/mol. The van der Waals surface area contributed by atoms with Crippen LogP contribution < -0.4 is 11.1 Å². The molecule has 4 nitrogen and oxygen atoms in total. The van der Waals surface area contributed by atoms with E-state index in [4.69, 9.17) is 10.5 Å². The van der Waals surface area contributed by atoms with Crippen LogP contribution in [0.5, 0.6) is 0 Å². The molecule has 1 amide bonds. The summed E-state index contributed by atoms with van der Waals surface area (Å²) >= 11 is 0. The van der Waals surface area contributed by atoms with Crippen LogP contribution in [0.4, 0.5) is 5.69 Å². The van der Waals surface area contributed by atoms with E-state index in [-0.39, 0.29) is 30.3 Å². The Morgan fingerprint density at radius 3 is 2.20 bits per heavy atom. The van der Waals surface area contributed by atoms with E-state index in [1.54, 1.807) is 0 Å². The second kappa shape index (κ2) is 8.95. The molecule has 0 aromatic heterocycles. The van der Waals surface area contributed by atoms with Crippen molar-refractivity contribution in [1.82, 2.24) is 0 Å². The second-order valence-electron chi connectivity index (χ2n) is 5.32. The summed E-state index contributed by atoms with van der Waals surface area (Å²) in [6.45, 7) is 8.44. The Morgan fingerprint density at radius 1 is 1.20 bits per heavy atom. The molecule has 1 aromatic carbocycles. The Balaban J connectivity index is 0.00000361. The van der Waals surface area contributed by atoms with E-state index in [9.17, 15) is 4.79 Å². The lowest BCUT2D eigenvalue weighted by Crippen LogP contribution is -2.39. The zero-order valence-corrected chi connectivity index (χ0v) is 13.4.